The fourth-order valence-corrected chi connectivity index (χ4v) is 2.57. The van der Waals surface area contributed by atoms with Gasteiger partial charge in [-0.3, -0.25) is 4.79 Å². The van der Waals surface area contributed by atoms with E-state index in [1.54, 1.807) is 6.92 Å². The molecule has 0 bridgehead atoms. The van der Waals surface area contributed by atoms with Crippen molar-refractivity contribution < 1.29 is 23.8 Å². The fourth-order valence-electron chi connectivity index (χ4n) is 2.57. The highest BCUT2D eigenvalue weighted by molar-refractivity contribution is 5.86. The SMILES string of the molecule is CC(OCC1CCCCO1)C(=O)OC1CCCCC1=O. The Bertz CT molecular complexity index is 335. The van der Waals surface area contributed by atoms with Crippen molar-refractivity contribution in [1.82, 2.24) is 0 Å². The van der Waals surface area contributed by atoms with Gasteiger partial charge in [0.25, 0.3) is 0 Å². The second-order valence-electron chi connectivity index (χ2n) is 5.60. The van der Waals surface area contributed by atoms with Crippen molar-refractivity contribution >= 4 is 11.8 Å². The average molecular weight is 284 g/mol. The Balaban J connectivity index is 1.69. The molecule has 5 nitrogen and oxygen atoms in total. The molecule has 1 saturated carbocycles. The number of hydrogen-bond acceptors (Lipinski definition) is 5. The third kappa shape index (κ3) is 4.56. The summed E-state index contributed by atoms with van der Waals surface area (Å²) in [4.78, 5) is 23.5. The van der Waals surface area contributed by atoms with Crippen molar-refractivity contribution in [2.45, 2.75) is 70.2 Å². The molecule has 0 aromatic carbocycles. The van der Waals surface area contributed by atoms with Gasteiger partial charge in [0.1, 0.15) is 0 Å². The molecule has 0 aromatic heterocycles. The smallest absolute Gasteiger partial charge is 0.335 e. The summed E-state index contributed by atoms with van der Waals surface area (Å²) in [7, 11) is 0. The lowest BCUT2D eigenvalue weighted by atomic mass is 9.96. The van der Waals surface area contributed by atoms with E-state index in [2.05, 4.69) is 0 Å². The quantitative estimate of drug-likeness (QED) is 0.723. The number of hydrogen-bond donors (Lipinski definition) is 0. The highest BCUT2D eigenvalue weighted by Crippen LogP contribution is 2.18. The van der Waals surface area contributed by atoms with Crippen LogP contribution in [-0.2, 0) is 23.8 Å². The number of carbonyl (C=O) groups excluding carboxylic acids is 2. The van der Waals surface area contributed by atoms with E-state index in [0.717, 1.165) is 38.7 Å². The molecule has 0 N–H and O–H groups in total. The van der Waals surface area contributed by atoms with Crippen molar-refractivity contribution in [3.05, 3.63) is 0 Å². The van der Waals surface area contributed by atoms with Crippen LogP contribution in [0.15, 0.2) is 0 Å². The zero-order valence-electron chi connectivity index (χ0n) is 12.1. The number of carbonyl (C=O) groups is 2. The Morgan fingerprint density at radius 3 is 2.80 bits per heavy atom. The normalized spacial score (nSPS) is 28.9. The van der Waals surface area contributed by atoms with Crippen LogP contribution in [0.5, 0.6) is 0 Å². The Hall–Kier alpha value is -0.940. The zero-order valence-corrected chi connectivity index (χ0v) is 12.1. The lowest BCUT2D eigenvalue weighted by Gasteiger charge is -2.25. The Morgan fingerprint density at radius 2 is 2.10 bits per heavy atom. The van der Waals surface area contributed by atoms with E-state index in [1.165, 1.54) is 0 Å². The zero-order chi connectivity index (χ0) is 14.4. The number of rotatable bonds is 5. The molecular formula is C15H24O5. The van der Waals surface area contributed by atoms with Crippen molar-refractivity contribution in [3.63, 3.8) is 0 Å². The van der Waals surface area contributed by atoms with Crippen LogP contribution in [0.3, 0.4) is 0 Å². The topological polar surface area (TPSA) is 61.8 Å². The third-order valence-corrected chi connectivity index (χ3v) is 3.90. The van der Waals surface area contributed by atoms with Gasteiger partial charge in [-0.1, -0.05) is 0 Å². The lowest BCUT2D eigenvalue weighted by Crippen LogP contribution is -2.36. The molecular weight excluding hydrogens is 260 g/mol. The monoisotopic (exact) mass is 284 g/mol. The van der Waals surface area contributed by atoms with Crippen LogP contribution in [0.25, 0.3) is 0 Å². The van der Waals surface area contributed by atoms with Gasteiger partial charge < -0.3 is 14.2 Å². The van der Waals surface area contributed by atoms with Crippen LogP contribution in [0.1, 0.15) is 51.9 Å². The second-order valence-corrected chi connectivity index (χ2v) is 5.60. The molecule has 0 spiro atoms. The van der Waals surface area contributed by atoms with E-state index in [4.69, 9.17) is 14.2 Å². The van der Waals surface area contributed by atoms with Gasteiger partial charge in [0, 0.05) is 13.0 Å². The molecule has 1 heterocycles. The second kappa shape index (κ2) is 7.74. The van der Waals surface area contributed by atoms with Crippen LogP contribution in [-0.4, -0.2) is 43.3 Å². The van der Waals surface area contributed by atoms with Crippen LogP contribution in [0, 0.1) is 0 Å². The van der Waals surface area contributed by atoms with Crippen molar-refractivity contribution in [3.8, 4) is 0 Å². The van der Waals surface area contributed by atoms with E-state index in [0.29, 0.717) is 19.4 Å². The summed E-state index contributed by atoms with van der Waals surface area (Å²) >= 11 is 0. The molecule has 3 atom stereocenters. The van der Waals surface area contributed by atoms with Crippen LogP contribution in [0.2, 0.25) is 0 Å². The van der Waals surface area contributed by atoms with Gasteiger partial charge in [-0.2, -0.15) is 0 Å². The number of ether oxygens (including phenoxy) is 3. The molecule has 3 unspecified atom stereocenters. The first-order chi connectivity index (χ1) is 9.66. The number of esters is 1. The van der Waals surface area contributed by atoms with Gasteiger partial charge in [0.05, 0.1) is 12.7 Å². The minimum absolute atomic E-state index is 0.0346. The Labute approximate surface area is 120 Å². The van der Waals surface area contributed by atoms with Crippen LogP contribution in [0.4, 0.5) is 0 Å². The average Bonchev–Trinajstić information content (AvgIpc) is 2.48. The molecule has 0 radical (unpaired) electrons. The van der Waals surface area contributed by atoms with Crippen LogP contribution >= 0.6 is 0 Å². The standard InChI is InChI=1S/C15H24O5/c1-11(19-10-12-6-4-5-9-18-12)15(17)20-14-8-3-2-7-13(14)16/h11-12,14H,2-10H2,1H3. The van der Waals surface area contributed by atoms with Gasteiger partial charge in [-0.15, -0.1) is 0 Å². The van der Waals surface area contributed by atoms with Gasteiger partial charge in [0.2, 0.25) is 0 Å². The van der Waals surface area contributed by atoms with E-state index in [1.807, 2.05) is 0 Å². The van der Waals surface area contributed by atoms with Crippen LogP contribution < -0.4 is 0 Å². The molecule has 1 saturated heterocycles. The van der Waals surface area contributed by atoms with E-state index in [-0.39, 0.29) is 11.9 Å². The first-order valence-electron chi connectivity index (χ1n) is 7.63. The molecule has 2 fully saturated rings. The maximum Gasteiger partial charge on any atom is 0.335 e. The summed E-state index contributed by atoms with van der Waals surface area (Å²) in [5.41, 5.74) is 0. The minimum Gasteiger partial charge on any atom is -0.452 e. The third-order valence-electron chi connectivity index (χ3n) is 3.90. The summed E-state index contributed by atoms with van der Waals surface area (Å²) in [6, 6.07) is 0. The number of ketones is 1. The van der Waals surface area contributed by atoms with Crippen molar-refractivity contribution in [2.75, 3.05) is 13.2 Å². The van der Waals surface area contributed by atoms with E-state index < -0.39 is 18.2 Å². The van der Waals surface area contributed by atoms with E-state index >= 15 is 0 Å². The van der Waals surface area contributed by atoms with Gasteiger partial charge in [0.15, 0.2) is 18.0 Å². The molecule has 0 amide bonds. The lowest BCUT2D eigenvalue weighted by molar-refractivity contribution is -0.169. The van der Waals surface area contributed by atoms with Crippen molar-refractivity contribution in [2.24, 2.45) is 0 Å². The summed E-state index contributed by atoms with van der Waals surface area (Å²) in [6.45, 7) is 2.84. The summed E-state index contributed by atoms with van der Waals surface area (Å²) < 4.78 is 16.3. The Morgan fingerprint density at radius 1 is 1.30 bits per heavy atom. The molecule has 114 valence electrons. The number of Topliss-reactive ketones (excluding diaryl/α,β-unsaturated/α-hetero) is 1. The minimum atomic E-state index is -0.643. The fraction of sp³-hybridized carbons (Fsp3) is 0.867. The van der Waals surface area contributed by atoms with Gasteiger partial charge in [-0.05, 0) is 45.4 Å². The van der Waals surface area contributed by atoms with Gasteiger partial charge in [-0.25, -0.2) is 4.79 Å². The molecule has 2 rings (SSSR count). The first-order valence-corrected chi connectivity index (χ1v) is 7.63. The molecule has 20 heavy (non-hydrogen) atoms. The highest BCUT2D eigenvalue weighted by atomic mass is 16.6. The van der Waals surface area contributed by atoms with Crippen molar-refractivity contribution in [1.29, 1.82) is 0 Å². The first kappa shape index (κ1) is 15.4. The Kier molecular flexibility index (Phi) is 5.98. The maximum absolute atomic E-state index is 11.9. The summed E-state index contributed by atoms with van der Waals surface area (Å²) in [5.74, 6) is -0.409. The van der Waals surface area contributed by atoms with Gasteiger partial charge >= 0.3 is 5.97 Å². The molecule has 0 aromatic rings. The molecule has 2 aliphatic rings. The predicted octanol–water partition coefficient (Wildman–Crippen LogP) is 2.02. The van der Waals surface area contributed by atoms with E-state index in [9.17, 15) is 9.59 Å². The maximum atomic E-state index is 11.9. The molecule has 5 heteroatoms. The highest BCUT2D eigenvalue weighted by Gasteiger charge is 2.28. The summed E-state index contributed by atoms with van der Waals surface area (Å²) in [6.07, 6.45) is 5.09. The summed E-state index contributed by atoms with van der Waals surface area (Å²) in [5, 5.41) is 0. The predicted molar refractivity (Wildman–Crippen MR) is 72.4 cm³/mol. The molecule has 1 aliphatic carbocycles. The largest absolute Gasteiger partial charge is 0.452 e. The molecule has 1 aliphatic heterocycles.